The Morgan fingerprint density at radius 2 is 2.24 bits per heavy atom. The van der Waals surface area contributed by atoms with E-state index < -0.39 is 0 Å². The molecule has 4 aromatic rings. The third kappa shape index (κ3) is 2.57. The van der Waals surface area contributed by atoms with Gasteiger partial charge in [-0.25, -0.2) is 0 Å². The molecule has 2 N–H and O–H groups in total. The second kappa shape index (κ2) is 5.47. The lowest BCUT2D eigenvalue weighted by atomic mass is 10.2. The Balaban J connectivity index is 1.46. The Labute approximate surface area is 144 Å². The number of benzene rings is 1. The number of hydrogen-bond acceptors (Lipinski definition) is 5. The number of aromatic nitrogens is 5. The molecule has 1 aliphatic carbocycles. The van der Waals surface area contributed by atoms with Crippen molar-refractivity contribution in [2.75, 3.05) is 11.9 Å². The number of rotatable bonds is 5. The van der Waals surface area contributed by atoms with Gasteiger partial charge in [0.25, 0.3) is 0 Å². The van der Waals surface area contributed by atoms with Gasteiger partial charge in [0.05, 0.1) is 23.0 Å². The molecule has 3 aromatic heterocycles. The van der Waals surface area contributed by atoms with Crippen LogP contribution >= 0.6 is 0 Å². The predicted molar refractivity (Wildman–Crippen MR) is 96.1 cm³/mol. The second-order valence-electron chi connectivity index (χ2n) is 6.51. The fourth-order valence-electron chi connectivity index (χ4n) is 2.97. The molecule has 0 atom stereocenters. The Bertz CT molecular complexity index is 1060. The van der Waals surface area contributed by atoms with Gasteiger partial charge in [-0.2, -0.15) is 5.10 Å². The summed E-state index contributed by atoms with van der Waals surface area (Å²) in [4.78, 5) is 4.37. The maximum Gasteiger partial charge on any atom is 0.240 e. The average Bonchev–Trinajstić information content (AvgIpc) is 3.31. The third-order valence-electron chi connectivity index (χ3n) is 4.55. The van der Waals surface area contributed by atoms with Gasteiger partial charge in [-0.3, -0.25) is 14.8 Å². The lowest BCUT2D eigenvalue weighted by molar-refractivity contribution is 0.288. The van der Waals surface area contributed by atoms with Gasteiger partial charge in [0.1, 0.15) is 5.52 Å². The van der Waals surface area contributed by atoms with Gasteiger partial charge in [-0.15, -0.1) is 5.10 Å². The molecule has 0 bridgehead atoms. The summed E-state index contributed by atoms with van der Waals surface area (Å²) < 4.78 is 7.74. The van der Waals surface area contributed by atoms with E-state index in [1.807, 2.05) is 36.0 Å². The minimum atomic E-state index is 0.707. The fraction of sp³-hybridized carbons (Fsp3) is 0.278. The quantitative estimate of drug-likeness (QED) is 0.585. The molecule has 1 saturated carbocycles. The first-order valence-corrected chi connectivity index (χ1v) is 8.43. The van der Waals surface area contributed by atoms with Crippen LogP contribution in [0.5, 0.6) is 5.88 Å². The zero-order chi connectivity index (χ0) is 16.8. The molecule has 126 valence electrons. The molecule has 7 heteroatoms. The van der Waals surface area contributed by atoms with E-state index in [2.05, 4.69) is 31.7 Å². The summed E-state index contributed by atoms with van der Waals surface area (Å²) >= 11 is 0. The number of fused-ring (bicyclic) bond motifs is 2. The van der Waals surface area contributed by atoms with Gasteiger partial charge in [0.15, 0.2) is 5.82 Å². The first kappa shape index (κ1) is 14.3. The Hall–Kier alpha value is -3.09. The average molecular weight is 334 g/mol. The molecule has 0 radical (unpaired) electrons. The van der Waals surface area contributed by atoms with E-state index in [0.29, 0.717) is 17.6 Å². The molecule has 0 saturated heterocycles. The van der Waals surface area contributed by atoms with Gasteiger partial charge in [0.2, 0.25) is 5.88 Å². The van der Waals surface area contributed by atoms with Gasteiger partial charge >= 0.3 is 0 Å². The molecule has 1 aliphatic rings. The highest BCUT2D eigenvalue weighted by Gasteiger charge is 2.23. The van der Waals surface area contributed by atoms with Crippen molar-refractivity contribution in [1.29, 1.82) is 0 Å². The van der Waals surface area contributed by atoms with Crippen LogP contribution in [0.1, 0.15) is 12.8 Å². The molecule has 0 spiro atoms. The first-order valence-electron chi connectivity index (χ1n) is 8.43. The summed E-state index contributed by atoms with van der Waals surface area (Å²) in [5.74, 6) is 2.13. The predicted octanol–water partition coefficient (Wildman–Crippen LogP) is 3.38. The Morgan fingerprint density at radius 1 is 1.32 bits per heavy atom. The number of nitrogens with zero attached hydrogens (tertiary/aromatic N) is 4. The van der Waals surface area contributed by atoms with Crippen molar-refractivity contribution >= 4 is 33.4 Å². The molecular weight excluding hydrogens is 316 g/mol. The van der Waals surface area contributed by atoms with Crippen molar-refractivity contribution in [3.05, 3.63) is 36.5 Å². The Morgan fingerprint density at radius 3 is 3.12 bits per heavy atom. The first-order chi connectivity index (χ1) is 12.3. The van der Waals surface area contributed by atoms with Crippen LogP contribution in [0, 0.1) is 5.92 Å². The van der Waals surface area contributed by atoms with E-state index in [0.717, 1.165) is 34.2 Å². The molecule has 5 rings (SSSR count). The van der Waals surface area contributed by atoms with Crippen molar-refractivity contribution in [2.45, 2.75) is 12.8 Å². The van der Waals surface area contributed by atoms with Crippen LogP contribution in [0.3, 0.4) is 0 Å². The molecular formula is C18H18N6O. The molecule has 0 aliphatic heterocycles. The van der Waals surface area contributed by atoms with E-state index in [1.165, 1.54) is 12.8 Å². The van der Waals surface area contributed by atoms with Crippen molar-refractivity contribution in [1.82, 2.24) is 25.0 Å². The molecule has 0 amide bonds. The lowest BCUT2D eigenvalue weighted by Gasteiger charge is -2.04. The number of ether oxygens (including phenoxy) is 1. The SMILES string of the molecule is Cn1nc(OCC2CC2)c2ccc(Nc3n[nH]c4cccnc34)cc21. The largest absolute Gasteiger partial charge is 0.476 e. The van der Waals surface area contributed by atoms with Crippen LogP contribution in [0.15, 0.2) is 36.5 Å². The van der Waals surface area contributed by atoms with Crippen molar-refractivity contribution in [3.63, 3.8) is 0 Å². The van der Waals surface area contributed by atoms with Crippen LogP contribution < -0.4 is 10.1 Å². The maximum atomic E-state index is 5.89. The molecule has 0 unspecified atom stereocenters. The standard InChI is InChI=1S/C18H18N6O/c1-24-15-9-12(20-17-16-14(21-22-17)3-2-8-19-16)6-7-13(15)18(23-24)25-10-11-4-5-11/h2-3,6-9,11H,4-5,10H2,1H3,(H2,20,21,22). The van der Waals surface area contributed by atoms with Crippen LogP contribution in [0.4, 0.5) is 11.5 Å². The normalized spacial score (nSPS) is 14.3. The highest BCUT2D eigenvalue weighted by Crippen LogP contribution is 2.32. The van der Waals surface area contributed by atoms with E-state index in [4.69, 9.17) is 4.74 Å². The summed E-state index contributed by atoms with van der Waals surface area (Å²) in [7, 11) is 1.93. The third-order valence-corrected chi connectivity index (χ3v) is 4.55. The van der Waals surface area contributed by atoms with E-state index in [9.17, 15) is 0 Å². The molecule has 1 aromatic carbocycles. The van der Waals surface area contributed by atoms with Crippen LogP contribution in [0.2, 0.25) is 0 Å². The number of H-pyrrole nitrogens is 1. The summed E-state index contributed by atoms with van der Waals surface area (Å²) in [5, 5.41) is 16.2. The summed E-state index contributed by atoms with van der Waals surface area (Å²) in [6, 6.07) is 9.94. The van der Waals surface area contributed by atoms with Gasteiger partial charge in [-0.05, 0) is 49.1 Å². The molecule has 1 fully saturated rings. The van der Waals surface area contributed by atoms with E-state index >= 15 is 0 Å². The maximum absolute atomic E-state index is 5.89. The summed E-state index contributed by atoms with van der Waals surface area (Å²) in [6.07, 6.45) is 4.30. The van der Waals surface area contributed by atoms with Gasteiger partial charge < -0.3 is 10.1 Å². The van der Waals surface area contributed by atoms with Crippen LogP contribution in [-0.2, 0) is 7.05 Å². The van der Waals surface area contributed by atoms with Crippen molar-refractivity contribution < 1.29 is 4.74 Å². The number of nitrogens with one attached hydrogen (secondary N) is 2. The minimum Gasteiger partial charge on any atom is -0.476 e. The topological polar surface area (TPSA) is 80.6 Å². The minimum absolute atomic E-state index is 0.707. The molecule has 25 heavy (non-hydrogen) atoms. The Kier molecular flexibility index (Phi) is 3.12. The summed E-state index contributed by atoms with van der Waals surface area (Å²) in [5.41, 5.74) is 3.68. The lowest BCUT2D eigenvalue weighted by Crippen LogP contribution is -2.00. The monoisotopic (exact) mass is 334 g/mol. The molecule has 3 heterocycles. The number of anilines is 2. The number of aromatic amines is 1. The number of hydrogen-bond donors (Lipinski definition) is 2. The highest BCUT2D eigenvalue weighted by molar-refractivity contribution is 5.91. The van der Waals surface area contributed by atoms with E-state index in [-0.39, 0.29) is 0 Å². The van der Waals surface area contributed by atoms with Crippen molar-refractivity contribution in [3.8, 4) is 5.88 Å². The zero-order valence-corrected chi connectivity index (χ0v) is 13.9. The summed E-state index contributed by atoms with van der Waals surface area (Å²) in [6.45, 7) is 0.761. The highest BCUT2D eigenvalue weighted by atomic mass is 16.5. The smallest absolute Gasteiger partial charge is 0.240 e. The van der Waals surface area contributed by atoms with Crippen LogP contribution in [-0.4, -0.2) is 31.6 Å². The molecule has 7 nitrogen and oxygen atoms in total. The number of aryl methyl sites for hydroxylation is 1. The van der Waals surface area contributed by atoms with Gasteiger partial charge in [-0.1, -0.05) is 0 Å². The van der Waals surface area contributed by atoms with Crippen molar-refractivity contribution in [2.24, 2.45) is 13.0 Å². The van der Waals surface area contributed by atoms with E-state index in [1.54, 1.807) is 6.20 Å². The van der Waals surface area contributed by atoms with Crippen LogP contribution in [0.25, 0.3) is 21.9 Å². The number of pyridine rings is 1. The van der Waals surface area contributed by atoms with Gasteiger partial charge in [0, 0.05) is 18.9 Å². The second-order valence-corrected chi connectivity index (χ2v) is 6.51. The zero-order valence-electron chi connectivity index (χ0n) is 13.9. The fourth-order valence-corrected chi connectivity index (χ4v) is 2.97.